The van der Waals surface area contributed by atoms with Gasteiger partial charge in [0.15, 0.2) is 0 Å². The first kappa shape index (κ1) is 13.6. The molecule has 0 radical (unpaired) electrons. The topological polar surface area (TPSA) is 81.3 Å². The van der Waals surface area contributed by atoms with Gasteiger partial charge in [0.25, 0.3) is 0 Å². The summed E-state index contributed by atoms with van der Waals surface area (Å²) in [4.78, 5) is 2.35. The van der Waals surface area contributed by atoms with Gasteiger partial charge in [-0.15, -0.1) is 0 Å². The Hall–Kier alpha value is -0.420. The minimum absolute atomic E-state index is 0.613. The van der Waals surface area contributed by atoms with E-state index in [1.807, 2.05) is 6.08 Å². The SMILES string of the molecule is NC/C=C/CN(CCCN)CCCN. The summed E-state index contributed by atoms with van der Waals surface area (Å²) in [6.07, 6.45) is 6.17. The average molecular weight is 200 g/mol. The van der Waals surface area contributed by atoms with E-state index in [-0.39, 0.29) is 0 Å². The zero-order valence-corrected chi connectivity index (χ0v) is 8.99. The van der Waals surface area contributed by atoms with Gasteiger partial charge in [0.05, 0.1) is 0 Å². The first-order valence-electron chi connectivity index (χ1n) is 5.32. The van der Waals surface area contributed by atoms with E-state index in [1.165, 1.54) is 0 Å². The number of rotatable bonds is 9. The van der Waals surface area contributed by atoms with Crippen LogP contribution in [0.1, 0.15) is 12.8 Å². The average Bonchev–Trinajstić information content (AvgIpc) is 2.21. The molecule has 0 aromatic rings. The summed E-state index contributed by atoms with van der Waals surface area (Å²) < 4.78 is 0. The first-order chi connectivity index (χ1) is 6.85. The number of hydrogen-bond donors (Lipinski definition) is 3. The van der Waals surface area contributed by atoms with Crippen LogP contribution in [0.2, 0.25) is 0 Å². The van der Waals surface area contributed by atoms with Crippen LogP contribution in [0.4, 0.5) is 0 Å². The highest BCUT2D eigenvalue weighted by Gasteiger charge is 2.00. The predicted molar refractivity (Wildman–Crippen MR) is 62.0 cm³/mol. The fourth-order valence-corrected chi connectivity index (χ4v) is 1.24. The largest absolute Gasteiger partial charge is 0.330 e. The summed E-state index contributed by atoms with van der Waals surface area (Å²) >= 11 is 0. The molecule has 6 N–H and O–H groups in total. The Balaban J connectivity index is 3.65. The molecular weight excluding hydrogens is 176 g/mol. The molecule has 4 heteroatoms. The van der Waals surface area contributed by atoms with Gasteiger partial charge in [-0.2, -0.15) is 0 Å². The Labute approximate surface area is 87.1 Å². The molecule has 84 valence electrons. The van der Waals surface area contributed by atoms with Crippen LogP contribution >= 0.6 is 0 Å². The number of hydrogen-bond acceptors (Lipinski definition) is 4. The van der Waals surface area contributed by atoms with Gasteiger partial charge in [-0.3, -0.25) is 4.90 Å². The minimum atomic E-state index is 0.613. The van der Waals surface area contributed by atoms with Crippen LogP contribution in [0.25, 0.3) is 0 Å². The van der Waals surface area contributed by atoms with Crippen LogP contribution in [0.3, 0.4) is 0 Å². The van der Waals surface area contributed by atoms with Crippen molar-refractivity contribution in [2.75, 3.05) is 39.3 Å². The molecule has 0 aliphatic rings. The molecule has 0 rings (SSSR count). The van der Waals surface area contributed by atoms with Crippen molar-refractivity contribution >= 4 is 0 Å². The Morgan fingerprint density at radius 2 is 1.43 bits per heavy atom. The van der Waals surface area contributed by atoms with E-state index in [1.54, 1.807) is 0 Å². The molecule has 0 unspecified atom stereocenters. The normalized spacial score (nSPS) is 11.7. The number of nitrogens with zero attached hydrogens (tertiary/aromatic N) is 1. The predicted octanol–water partition coefficient (Wildman–Crippen LogP) is -0.499. The molecule has 0 saturated heterocycles. The molecule has 0 fully saturated rings. The molecule has 0 heterocycles. The van der Waals surface area contributed by atoms with Crippen molar-refractivity contribution in [3.05, 3.63) is 12.2 Å². The maximum atomic E-state index is 5.47. The monoisotopic (exact) mass is 200 g/mol. The molecule has 0 bridgehead atoms. The molecule has 0 aromatic carbocycles. The van der Waals surface area contributed by atoms with Crippen molar-refractivity contribution in [3.8, 4) is 0 Å². The Bertz CT molecular complexity index is 128. The maximum Gasteiger partial charge on any atom is 0.0163 e. The molecule has 0 atom stereocenters. The van der Waals surface area contributed by atoms with Crippen molar-refractivity contribution in [1.29, 1.82) is 0 Å². The Morgan fingerprint density at radius 1 is 0.857 bits per heavy atom. The van der Waals surface area contributed by atoms with Crippen LogP contribution in [0.5, 0.6) is 0 Å². The molecule has 0 saturated carbocycles. The lowest BCUT2D eigenvalue weighted by molar-refractivity contribution is 0.298. The van der Waals surface area contributed by atoms with Gasteiger partial charge in [-0.1, -0.05) is 12.2 Å². The van der Waals surface area contributed by atoms with E-state index in [0.29, 0.717) is 6.54 Å². The summed E-state index contributed by atoms with van der Waals surface area (Å²) in [7, 11) is 0. The lowest BCUT2D eigenvalue weighted by Crippen LogP contribution is -2.29. The quantitative estimate of drug-likeness (QED) is 0.438. The van der Waals surface area contributed by atoms with Crippen LogP contribution in [0, 0.1) is 0 Å². The van der Waals surface area contributed by atoms with Crippen molar-refractivity contribution in [1.82, 2.24) is 4.90 Å². The standard InChI is InChI=1S/C10H24N4/c11-5-1-2-8-14(9-3-6-12)10-4-7-13/h1-2H,3-13H2/b2-1+. The van der Waals surface area contributed by atoms with Gasteiger partial charge in [0.1, 0.15) is 0 Å². The third-order valence-electron chi connectivity index (χ3n) is 2.02. The van der Waals surface area contributed by atoms with E-state index in [2.05, 4.69) is 11.0 Å². The smallest absolute Gasteiger partial charge is 0.0163 e. The fourth-order valence-electron chi connectivity index (χ4n) is 1.24. The molecule has 0 aliphatic heterocycles. The summed E-state index contributed by atoms with van der Waals surface area (Å²) in [5.74, 6) is 0. The van der Waals surface area contributed by atoms with E-state index in [9.17, 15) is 0 Å². The van der Waals surface area contributed by atoms with Crippen LogP contribution in [-0.4, -0.2) is 44.2 Å². The van der Waals surface area contributed by atoms with Crippen molar-refractivity contribution in [2.24, 2.45) is 17.2 Å². The molecule has 14 heavy (non-hydrogen) atoms. The Kier molecular flexibility index (Phi) is 10.3. The zero-order chi connectivity index (χ0) is 10.6. The van der Waals surface area contributed by atoms with Crippen LogP contribution in [0.15, 0.2) is 12.2 Å². The second-order valence-corrected chi connectivity index (χ2v) is 3.29. The third kappa shape index (κ3) is 8.19. The number of nitrogens with two attached hydrogens (primary N) is 3. The van der Waals surface area contributed by atoms with Crippen LogP contribution < -0.4 is 17.2 Å². The Morgan fingerprint density at radius 3 is 1.86 bits per heavy atom. The molecule has 0 spiro atoms. The van der Waals surface area contributed by atoms with Gasteiger partial charge in [-0.05, 0) is 39.0 Å². The summed E-state index contributed by atoms with van der Waals surface area (Å²) in [5.41, 5.74) is 16.3. The lowest BCUT2D eigenvalue weighted by Gasteiger charge is -2.19. The minimum Gasteiger partial charge on any atom is -0.330 e. The molecule has 0 amide bonds. The fraction of sp³-hybridized carbons (Fsp3) is 0.800. The zero-order valence-electron chi connectivity index (χ0n) is 8.99. The second-order valence-electron chi connectivity index (χ2n) is 3.29. The highest BCUT2D eigenvalue weighted by molar-refractivity contribution is 4.85. The summed E-state index contributed by atoms with van der Waals surface area (Å²) in [6.45, 7) is 5.16. The molecule has 0 aliphatic carbocycles. The van der Waals surface area contributed by atoms with Gasteiger partial charge < -0.3 is 17.2 Å². The van der Waals surface area contributed by atoms with Crippen LogP contribution in [-0.2, 0) is 0 Å². The third-order valence-corrected chi connectivity index (χ3v) is 2.02. The van der Waals surface area contributed by atoms with Crippen molar-refractivity contribution in [2.45, 2.75) is 12.8 Å². The molecule has 4 nitrogen and oxygen atoms in total. The second kappa shape index (κ2) is 10.7. The lowest BCUT2D eigenvalue weighted by atomic mass is 10.3. The van der Waals surface area contributed by atoms with Crippen molar-refractivity contribution < 1.29 is 0 Å². The van der Waals surface area contributed by atoms with Gasteiger partial charge in [-0.25, -0.2) is 0 Å². The summed E-state index contributed by atoms with van der Waals surface area (Å²) in [6, 6.07) is 0. The van der Waals surface area contributed by atoms with Gasteiger partial charge in [0.2, 0.25) is 0 Å². The first-order valence-corrected chi connectivity index (χ1v) is 5.32. The molecular formula is C10H24N4. The van der Waals surface area contributed by atoms with E-state index in [4.69, 9.17) is 17.2 Å². The molecule has 0 aromatic heterocycles. The van der Waals surface area contributed by atoms with E-state index >= 15 is 0 Å². The van der Waals surface area contributed by atoms with Crippen molar-refractivity contribution in [3.63, 3.8) is 0 Å². The maximum absolute atomic E-state index is 5.47. The highest BCUT2D eigenvalue weighted by atomic mass is 15.1. The summed E-state index contributed by atoms with van der Waals surface area (Å²) in [5, 5.41) is 0. The van der Waals surface area contributed by atoms with E-state index in [0.717, 1.165) is 45.6 Å². The van der Waals surface area contributed by atoms with Gasteiger partial charge in [0, 0.05) is 13.1 Å². The highest BCUT2D eigenvalue weighted by Crippen LogP contribution is 1.93. The van der Waals surface area contributed by atoms with Gasteiger partial charge >= 0.3 is 0 Å². The van der Waals surface area contributed by atoms with E-state index < -0.39 is 0 Å².